The van der Waals surface area contributed by atoms with Crippen molar-refractivity contribution in [2.45, 2.75) is 26.3 Å². The Morgan fingerprint density at radius 1 is 1.09 bits per heavy atom. The van der Waals surface area contributed by atoms with Crippen LogP contribution in [0.1, 0.15) is 28.2 Å². The van der Waals surface area contributed by atoms with Gasteiger partial charge in [-0.1, -0.05) is 0 Å². The molecule has 2 aliphatic rings. The van der Waals surface area contributed by atoms with E-state index in [-0.39, 0.29) is 5.91 Å². The molecule has 0 spiro atoms. The van der Waals surface area contributed by atoms with Crippen molar-refractivity contribution >= 4 is 34.0 Å². The number of nitrogens with zero attached hydrogens (tertiary/aromatic N) is 7. The summed E-state index contributed by atoms with van der Waals surface area (Å²) in [5.74, 6) is 0.281. The second-order valence-corrected chi connectivity index (χ2v) is 9.65. The standard InChI is InChI=1S/C25H31N9O/c1-16-12-34-15-22(28-24(34)17(2)27-16)29-25(35)19-4-5-21(20-14-31(3)30-23(19)20)33-9-6-18(13-33)32-10-7-26-8-11-32/h4-5,12,14-15,18,26H,6-11,13H2,1-3H3,(H,29,35). The molecule has 10 nitrogen and oxygen atoms in total. The van der Waals surface area contributed by atoms with Crippen molar-refractivity contribution in [2.24, 2.45) is 7.05 Å². The number of rotatable bonds is 4. The SMILES string of the molecule is Cc1cn2cc(NC(=O)c3ccc(N4CCC(N5CCNCC5)C4)c4cn(C)nc34)nc2c(C)n1. The lowest BCUT2D eigenvalue weighted by Gasteiger charge is -2.32. The van der Waals surface area contributed by atoms with Crippen molar-refractivity contribution in [1.82, 2.24) is 34.4 Å². The molecule has 6 rings (SSSR count). The zero-order valence-electron chi connectivity index (χ0n) is 20.5. The Labute approximate surface area is 203 Å². The summed E-state index contributed by atoms with van der Waals surface area (Å²) in [6.45, 7) is 10.2. The Kier molecular flexibility index (Phi) is 5.42. The smallest absolute Gasteiger partial charge is 0.259 e. The number of carbonyl (C=O) groups is 1. The molecule has 2 N–H and O–H groups in total. The van der Waals surface area contributed by atoms with Crippen molar-refractivity contribution in [3.8, 4) is 0 Å². The Bertz CT molecular complexity index is 1420. The lowest BCUT2D eigenvalue weighted by molar-refractivity contribution is 0.102. The topological polar surface area (TPSA) is 95.6 Å². The largest absolute Gasteiger partial charge is 0.369 e. The van der Waals surface area contributed by atoms with Gasteiger partial charge in [0.2, 0.25) is 0 Å². The Balaban J connectivity index is 1.27. The van der Waals surface area contributed by atoms with Crippen LogP contribution in [0, 0.1) is 13.8 Å². The number of nitrogens with one attached hydrogen (secondary N) is 2. The zero-order chi connectivity index (χ0) is 24.1. The minimum atomic E-state index is -0.217. The van der Waals surface area contributed by atoms with Crippen LogP contribution in [0.5, 0.6) is 0 Å². The summed E-state index contributed by atoms with van der Waals surface area (Å²) in [6, 6.07) is 4.54. The van der Waals surface area contributed by atoms with Crippen LogP contribution in [-0.4, -0.2) is 80.3 Å². The van der Waals surface area contributed by atoms with Gasteiger partial charge in [0.25, 0.3) is 5.91 Å². The highest BCUT2D eigenvalue weighted by Gasteiger charge is 2.30. The molecular weight excluding hydrogens is 442 g/mol. The number of carbonyl (C=O) groups excluding carboxylic acids is 1. The number of amides is 1. The maximum absolute atomic E-state index is 13.3. The first-order chi connectivity index (χ1) is 17.0. The molecule has 3 aromatic heterocycles. The molecule has 2 aliphatic heterocycles. The van der Waals surface area contributed by atoms with Gasteiger partial charge in [-0.3, -0.25) is 19.4 Å². The van der Waals surface area contributed by atoms with Crippen LogP contribution in [0.3, 0.4) is 0 Å². The molecule has 10 heteroatoms. The summed E-state index contributed by atoms with van der Waals surface area (Å²) >= 11 is 0. The quantitative estimate of drug-likeness (QED) is 0.468. The van der Waals surface area contributed by atoms with E-state index in [9.17, 15) is 4.79 Å². The molecule has 0 saturated carbocycles. The van der Waals surface area contributed by atoms with Crippen molar-refractivity contribution in [3.05, 3.63) is 47.7 Å². The van der Waals surface area contributed by atoms with Crippen LogP contribution in [-0.2, 0) is 7.05 Å². The van der Waals surface area contributed by atoms with Gasteiger partial charge >= 0.3 is 0 Å². The maximum Gasteiger partial charge on any atom is 0.259 e. The molecular formula is C25H31N9O. The van der Waals surface area contributed by atoms with E-state index >= 15 is 0 Å². The fourth-order valence-corrected chi connectivity index (χ4v) is 5.52. The molecule has 2 saturated heterocycles. The van der Waals surface area contributed by atoms with Gasteiger partial charge in [-0.15, -0.1) is 0 Å². The number of hydrogen-bond acceptors (Lipinski definition) is 7. The van der Waals surface area contributed by atoms with Crippen molar-refractivity contribution < 1.29 is 4.79 Å². The van der Waals surface area contributed by atoms with Crippen LogP contribution in [0.25, 0.3) is 16.6 Å². The average molecular weight is 474 g/mol. The van der Waals surface area contributed by atoms with Gasteiger partial charge in [0.05, 0.1) is 23.1 Å². The molecule has 1 atom stereocenters. The third-order valence-corrected chi connectivity index (χ3v) is 7.15. The number of anilines is 2. The fraction of sp³-hybridized carbons (Fsp3) is 0.440. The first-order valence-corrected chi connectivity index (χ1v) is 12.3. The number of benzene rings is 1. The van der Waals surface area contributed by atoms with Gasteiger partial charge in [0, 0.05) is 75.8 Å². The number of piperazine rings is 1. The highest BCUT2D eigenvalue weighted by atomic mass is 16.1. The highest BCUT2D eigenvalue weighted by Crippen LogP contribution is 2.32. The number of aromatic nitrogens is 5. The normalized spacial score (nSPS) is 19.2. The predicted octanol–water partition coefficient (Wildman–Crippen LogP) is 1.97. The van der Waals surface area contributed by atoms with Crippen molar-refractivity contribution in [1.29, 1.82) is 0 Å². The first-order valence-electron chi connectivity index (χ1n) is 12.3. The molecule has 1 amide bonds. The zero-order valence-corrected chi connectivity index (χ0v) is 20.5. The number of fused-ring (bicyclic) bond motifs is 2. The van der Waals surface area contributed by atoms with Gasteiger partial charge in [-0.25, -0.2) is 4.98 Å². The van der Waals surface area contributed by atoms with E-state index in [0.29, 0.717) is 22.9 Å². The van der Waals surface area contributed by atoms with Gasteiger partial charge < -0.3 is 19.9 Å². The minimum Gasteiger partial charge on any atom is -0.369 e. The molecule has 0 bridgehead atoms. The van der Waals surface area contributed by atoms with Crippen LogP contribution in [0.4, 0.5) is 11.5 Å². The summed E-state index contributed by atoms with van der Waals surface area (Å²) in [7, 11) is 1.90. The molecule has 182 valence electrons. The second kappa shape index (κ2) is 8.62. The number of hydrogen-bond donors (Lipinski definition) is 2. The predicted molar refractivity (Wildman–Crippen MR) is 136 cm³/mol. The fourth-order valence-electron chi connectivity index (χ4n) is 5.52. The molecule has 0 aliphatic carbocycles. The average Bonchev–Trinajstić information content (AvgIpc) is 3.56. The van der Waals surface area contributed by atoms with E-state index < -0.39 is 0 Å². The lowest BCUT2D eigenvalue weighted by atomic mass is 10.1. The van der Waals surface area contributed by atoms with Crippen molar-refractivity contribution in [3.63, 3.8) is 0 Å². The maximum atomic E-state index is 13.3. The summed E-state index contributed by atoms with van der Waals surface area (Å²) < 4.78 is 3.69. The molecule has 0 radical (unpaired) electrons. The van der Waals surface area contributed by atoms with E-state index in [2.05, 4.69) is 41.6 Å². The summed E-state index contributed by atoms with van der Waals surface area (Å²) in [5, 5.41) is 12.1. The second-order valence-electron chi connectivity index (χ2n) is 9.65. The first kappa shape index (κ1) is 22.0. The Morgan fingerprint density at radius 3 is 2.74 bits per heavy atom. The van der Waals surface area contributed by atoms with E-state index in [0.717, 1.165) is 73.8 Å². The van der Waals surface area contributed by atoms with Crippen LogP contribution in [0.2, 0.25) is 0 Å². The Hall–Kier alpha value is -3.50. The third-order valence-electron chi connectivity index (χ3n) is 7.15. The van der Waals surface area contributed by atoms with E-state index in [1.165, 1.54) is 0 Å². The molecule has 1 unspecified atom stereocenters. The van der Waals surface area contributed by atoms with Crippen LogP contribution >= 0.6 is 0 Å². The summed E-state index contributed by atoms with van der Waals surface area (Å²) in [5.41, 5.74) is 4.87. The third kappa shape index (κ3) is 4.02. The van der Waals surface area contributed by atoms with E-state index in [1.807, 2.05) is 50.0 Å². The number of aryl methyl sites for hydroxylation is 3. The van der Waals surface area contributed by atoms with Crippen molar-refractivity contribution in [2.75, 3.05) is 49.5 Å². The van der Waals surface area contributed by atoms with Gasteiger partial charge in [0.1, 0.15) is 5.52 Å². The van der Waals surface area contributed by atoms with Gasteiger partial charge in [-0.2, -0.15) is 5.10 Å². The molecule has 2 fully saturated rings. The molecule has 1 aromatic carbocycles. The molecule has 5 heterocycles. The highest BCUT2D eigenvalue weighted by molar-refractivity contribution is 6.13. The lowest BCUT2D eigenvalue weighted by Crippen LogP contribution is -2.49. The van der Waals surface area contributed by atoms with Gasteiger partial charge in [0.15, 0.2) is 11.5 Å². The summed E-state index contributed by atoms with van der Waals surface area (Å²) in [4.78, 5) is 27.4. The van der Waals surface area contributed by atoms with E-state index in [4.69, 9.17) is 0 Å². The minimum absolute atomic E-state index is 0.217. The van der Waals surface area contributed by atoms with E-state index in [1.54, 1.807) is 4.68 Å². The molecule has 35 heavy (non-hydrogen) atoms. The van der Waals surface area contributed by atoms with Gasteiger partial charge in [-0.05, 0) is 32.4 Å². The molecule has 4 aromatic rings. The Morgan fingerprint density at radius 2 is 1.91 bits per heavy atom. The monoisotopic (exact) mass is 473 g/mol. The van der Waals surface area contributed by atoms with Crippen LogP contribution < -0.4 is 15.5 Å². The van der Waals surface area contributed by atoms with Crippen LogP contribution in [0.15, 0.2) is 30.7 Å². The number of imidazole rings is 1. The summed E-state index contributed by atoms with van der Waals surface area (Å²) in [6.07, 6.45) is 6.90.